The number of benzene rings is 6. The molecule has 3 aliphatic carbocycles. The van der Waals surface area contributed by atoms with Crippen LogP contribution < -0.4 is 10.4 Å². The van der Waals surface area contributed by atoms with Gasteiger partial charge in [0.1, 0.15) is 0 Å². The fourth-order valence-electron chi connectivity index (χ4n) is 9.04. The monoisotopic (exact) mass is 769 g/mol. The summed E-state index contributed by atoms with van der Waals surface area (Å²) in [5.74, 6) is 0. The molecule has 1 heteroatoms. The van der Waals surface area contributed by atoms with Gasteiger partial charge in [0, 0.05) is 0 Å². The molecule has 0 nitrogen and oxygen atoms in total. The van der Waals surface area contributed by atoms with Gasteiger partial charge in [-0.25, -0.2) is 0 Å². The van der Waals surface area contributed by atoms with Gasteiger partial charge in [0.15, 0.2) is 0 Å². The molecule has 0 N–H and O–H groups in total. The fraction of sp³-hybridized carbons (Fsp3) is 0.113. The van der Waals surface area contributed by atoms with Crippen LogP contribution >= 0.6 is 0 Å². The van der Waals surface area contributed by atoms with Gasteiger partial charge in [-0.1, -0.05) is 0 Å². The summed E-state index contributed by atoms with van der Waals surface area (Å²) < 4.78 is 3.12. The van der Waals surface area contributed by atoms with E-state index in [4.69, 9.17) is 0 Å². The Morgan fingerprint density at radius 1 is 0.648 bits per heavy atom. The van der Waals surface area contributed by atoms with E-state index in [2.05, 4.69) is 202 Å². The van der Waals surface area contributed by atoms with Crippen LogP contribution in [0.2, 0.25) is 0 Å². The molecule has 0 aliphatic heterocycles. The van der Waals surface area contributed by atoms with E-state index < -0.39 is 22.8 Å². The van der Waals surface area contributed by atoms with E-state index in [1.54, 1.807) is 3.28 Å². The third-order valence-corrected chi connectivity index (χ3v) is 15.4. The second-order valence-corrected chi connectivity index (χ2v) is 17.5. The summed E-state index contributed by atoms with van der Waals surface area (Å²) in [6, 6.07) is 61.2. The Morgan fingerprint density at radius 3 is 1.78 bits per heavy atom. The zero-order valence-electron chi connectivity index (χ0n) is 31.0. The first-order valence-corrected chi connectivity index (χ1v) is 21.8. The first kappa shape index (κ1) is 34.5. The number of rotatable bonds is 9. The molecule has 0 bridgehead atoms. The number of hydrogen-bond donors (Lipinski definition) is 0. The number of allylic oxidation sites excluding steroid dienone is 8. The van der Waals surface area contributed by atoms with Crippen LogP contribution in [0.4, 0.5) is 0 Å². The maximum atomic E-state index is 2.63. The van der Waals surface area contributed by atoms with Crippen LogP contribution in [0.15, 0.2) is 205 Å². The van der Waals surface area contributed by atoms with Crippen LogP contribution in [0.1, 0.15) is 54.5 Å². The molecule has 0 spiro atoms. The van der Waals surface area contributed by atoms with Gasteiger partial charge in [0.2, 0.25) is 0 Å². The van der Waals surface area contributed by atoms with E-state index in [1.165, 1.54) is 80.5 Å². The van der Waals surface area contributed by atoms with E-state index in [-0.39, 0.29) is 5.41 Å². The first-order chi connectivity index (χ1) is 26.7. The number of hydrogen-bond acceptors (Lipinski definition) is 0. The van der Waals surface area contributed by atoms with Gasteiger partial charge < -0.3 is 0 Å². The predicted molar refractivity (Wildman–Crippen MR) is 225 cm³/mol. The molecule has 0 saturated carbocycles. The van der Waals surface area contributed by atoms with Crippen molar-refractivity contribution in [3.63, 3.8) is 0 Å². The van der Waals surface area contributed by atoms with Crippen molar-refractivity contribution in [1.29, 1.82) is 0 Å². The summed E-state index contributed by atoms with van der Waals surface area (Å²) >= 11 is -1.51. The van der Waals surface area contributed by atoms with Crippen molar-refractivity contribution in [1.82, 2.24) is 0 Å². The van der Waals surface area contributed by atoms with Gasteiger partial charge in [-0.15, -0.1) is 0 Å². The molecule has 54 heavy (non-hydrogen) atoms. The summed E-state index contributed by atoms with van der Waals surface area (Å²) in [6.07, 6.45) is 12.6. The van der Waals surface area contributed by atoms with E-state index in [0.29, 0.717) is 0 Å². The Kier molecular flexibility index (Phi) is 9.52. The summed E-state index contributed by atoms with van der Waals surface area (Å²) in [7, 11) is 0. The SMILES string of the molecule is CCc1cc(-c2ccccc2)c2c(c1)=[C]([Zr]=[C](c1ccccc1)c1ccccc1)C1=C(C3=CC=CC3)C(CC)(c3ccccc3)C(c3ccccc3)=CC=21. The van der Waals surface area contributed by atoms with Crippen molar-refractivity contribution in [3.05, 3.63) is 243 Å². The Balaban J connectivity index is 1.53. The first-order valence-electron chi connectivity index (χ1n) is 19.4. The van der Waals surface area contributed by atoms with Crippen LogP contribution in [0.3, 0.4) is 0 Å². The van der Waals surface area contributed by atoms with E-state index in [1.807, 2.05) is 0 Å². The van der Waals surface area contributed by atoms with E-state index in [0.717, 1.165) is 19.3 Å². The molecule has 1 atom stereocenters. The number of aryl methyl sites for hydroxylation is 1. The topological polar surface area (TPSA) is 0 Å². The second-order valence-electron chi connectivity index (χ2n) is 14.4. The zero-order chi connectivity index (χ0) is 36.5. The third-order valence-electron chi connectivity index (χ3n) is 11.5. The van der Waals surface area contributed by atoms with Crippen molar-refractivity contribution in [3.8, 4) is 11.1 Å². The quantitative estimate of drug-likeness (QED) is 0.137. The summed E-state index contributed by atoms with van der Waals surface area (Å²) in [4.78, 5) is 0. The summed E-state index contributed by atoms with van der Waals surface area (Å²) in [6.45, 7) is 4.72. The minimum absolute atomic E-state index is 0.341. The maximum absolute atomic E-state index is 2.63. The van der Waals surface area contributed by atoms with Crippen LogP contribution in [0.25, 0.3) is 25.6 Å². The van der Waals surface area contributed by atoms with Gasteiger partial charge in [-0.05, 0) is 0 Å². The second kappa shape index (κ2) is 14.9. The molecule has 1 unspecified atom stereocenters. The molecule has 0 aromatic heterocycles. The minimum atomic E-state index is -1.51. The summed E-state index contributed by atoms with van der Waals surface area (Å²) in [5, 5.41) is 2.85. The van der Waals surface area contributed by atoms with E-state index in [9.17, 15) is 0 Å². The van der Waals surface area contributed by atoms with Gasteiger partial charge >= 0.3 is 333 Å². The molecular weight excluding hydrogens is 728 g/mol. The van der Waals surface area contributed by atoms with E-state index >= 15 is 0 Å². The third kappa shape index (κ3) is 5.91. The van der Waals surface area contributed by atoms with Crippen molar-refractivity contribution < 1.29 is 22.8 Å². The molecule has 0 radical (unpaired) electrons. The van der Waals surface area contributed by atoms with Crippen molar-refractivity contribution in [2.24, 2.45) is 0 Å². The average molecular weight is 771 g/mol. The van der Waals surface area contributed by atoms with Gasteiger partial charge in [0.05, 0.1) is 0 Å². The van der Waals surface area contributed by atoms with Crippen molar-refractivity contribution in [2.75, 3.05) is 0 Å². The molecule has 0 amide bonds. The van der Waals surface area contributed by atoms with Crippen LogP contribution in [-0.4, -0.2) is 3.21 Å². The molecule has 6 aromatic carbocycles. The molecule has 0 fully saturated rings. The summed E-state index contributed by atoms with van der Waals surface area (Å²) in [5.41, 5.74) is 16.3. The standard InChI is InChI=1S/C40H33.C13H10.Zr/c1-3-28-24-32-26-36-35(38(32)34(25-28)29-16-8-5-9-17-29)27-37(30-18-10-6-11-19-30)40(4-2,33-22-12-7-13-23-33)39(36)31-20-14-15-21-31;1-3-7-12(8-4-1)11-13-9-5-2-6-10-13;/h5-20,22-25,27H,3-4,21H2,1-2H3;1-10H;. The van der Waals surface area contributed by atoms with Crippen molar-refractivity contribution in [2.45, 2.75) is 38.5 Å². The number of fused-ring (bicyclic) bond motifs is 2. The molecule has 0 heterocycles. The normalized spacial score (nSPS) is 17.1. The Hall–Kier alpha value is -5.23. The van der Waals surface area contributed by atoms with Crippen molar-refractivity contribution >= 4 is 17.6 Å². The molecule has 0 saturated heterocycles. The van der Waals surface area contributed by atoms with Gasteiger partial charge in [0.25, 0.3) is 0 Å². The van der Waals surface area contributed by atoms with Crippen LogP contribution in [0.5, 0.6) is 0 Å². The molecular formula is C53H43Zr. The average Bonchev–Trinajstić information content (AvgIpc) is 3.90. The molecule has 259 valence electrons. The Morgan fingerprint density at radius 2 is 1.22 bits per heavy atom. The molecule has 9 rings (SSSR count). The fourth-order valence-corrected chi connectivity index (χ4v) is 12.9. The predicted octanol–water partition coefficient (Wildman–Crippen LogP) is 11.2. The molecule has 6 aromatic rings. The molecule has 3 aliphatic rings. The Labute approximate surface area is 331 Å². The van der Waals surface area contributed by atoms with Gasteiger partial charge in [-0.3, -0.25) is 0 Å². The van der Waals surface area contributed by atoms with Gasteiger partial charge in [-0.2, -0.15) is 0 Å². The zero-order valence-corrected chi connectivity index (χ0v) is 33.5. The van der Waals surface area contributed by atoms with Crippen LogP contribution in [0, 0.1) is 0 Å². The Bertz CT molecular complexity index is 2600. The van der Waals surface area contributed by atoms with Crippen LogP contribution in [-0.2, 0) is 34.6 Å².